The fourth-order valence-electron chi connectivity index (χ4n) is 2.81. The lowest BCUT2D eigenvalue weighted by Gasteiger charge is -2.09. The topological polar surface area (TPSA) is 90.1 Å². The second kappa shape index (κ2) is 6.72. The van der Waals surface area contributed by atoms with E-state index in [-0.39, 0.29) is 17.2 Å². The zero-order valence-electron chi connectivity index (χ0n) is 14.0. The van der Waals surface area contributed by atoms with E-state index in [0.717, 1.165) is 16.9 Å². The maximum Gasteiger partial charge on any atom is 0.273 e. The van der Waals surface area contributed by atoms with Crippen molar-refractivity contribution < 1.29 is 9.72 Å². The summed E-state index contributed by atoms with van der Waals surface area (Å²) in [6, 6.07) is 12.3. The average Bonchev–Trinajstić information content (AvgIpc) is 2.90. The van der Waals surface area contributed by atoms with Crippen LogP contribution >= 0.6 is 0 Å². The fraction of sp³-hybridized carbons (Fsp3) is 0.222. The Morgan fingerprint density at radius 1 is 1.24 bits per heavy atom. The van der Waals surface area contributed by atoms with Crippen molar-refractivity contribution in [3.8, 4) is 0 Å². The van der Waals surface area contributed by atoms with Gasteiger partial charge in [-0.2, -0.15) is 0 Å². The minimum atomic E-state index is -0.479. The number of para-hydroxylation sites is 2. The molecule has 128 valence electrons. The molecule has 0 spiro atoms. The maximum atomic E-state index is 12.2. The lowest BCUT2D eigenvalue weighted by molar-refractivity contribution is -0.385. The zero-order chi connectivity index (χ0) is 18.0. The second-order valence-corrected chi connectivity index (χ2v) is 5.81. The second-order valence-electron chi connectivity index (χ2n) is 5.81. The Kier molecular flexibility index (Phi) is 4.47. The van der Waals surface area contributed by atoms with Crippen LogP contribution in [0.4, 0.5) is 5.69 Å². The molecule has 0 atom stereocenters. The molecule has 0 saturated carbocycles. The van der Waals surface area contributed by atoms with Crippen molar-refractivity contribution in [2.45, 2.75) is 20.4 Å². The van der Waals surface area contributed by atoms with Crippen molar-refractivity contribution >= 4 is 22.6 Å². The van der Waals surface area contributed by atoms with Crippen LogP contribution in [0.5, 0.6) is 0 Å². The number of nitrogens with zero attached hydrogens (tertiary/aromatic N) is 3. The molecule has 1 aromatic heterocycles. The van der Waals surface area contributed by atoms with Crippen molar-refractivity contribution in [3.63, 3.8) is 0 Å². The molecule has 1 heterocycles. The average molecular weight is 338 g/mol. The molecule has 7 heteroatoms. The van der Waals surface area contributed by atoms with Crippen LogP contribution in [-0.4, -0.2) is 26.9 Å². The van der Waals surface area contributed by atoms with Crippen molar-refractivity contribution in [1.82, 2.24) is 14.9 Å². The quantitative estimate of drug-likeness (QED) is 0.572. The van der Waals surface area contributed by atoms with Gasteiger partial charge in [0.1, 0.15) is 5.82 Å². The van der Waals surface area contributed by atoms with Gasteiger partial charge in [0.2, 0.25) is 0 Å². The number of fused-ring (bicyclic) bond motifs is 1. The van der Waals surface area contributed by atoms with Gasteiger partial charge < -0.3 is 9.88 Å². The van der Waals surface area contributed by atoms with E-state index in [1.54, 1.807) is 19.1 Å². The van der Waals surface area contributed by atoms with E-state index in [1.807, 2.05) is 35.8 Å². The van der Waals surface area contributed by atoms with Crippen LogP contribution in [0, 0.1) is 24.0 Å². The van der Waals surface area contributed by atoms with Crippen LogP contribution in [0.15, 0.2) is 42.5 Å². The summed E-state index contributed by atoms with van der Waals surface area (Å²) >= 11 is 0. The smallest absolute Gasteiger partial charge is 0.273 e. The summed E-state index contributed by atoms with van der Waals surface area (Å²) < 4.78 is 2.03. The third kappa shape index (κ3) is 3.35. The number of aryl methyl sites for hydroxylation is 2. The number of nitro groups is 1. The number of aromatic nitrogens is 2. The van der Waals surface area contributed by atoms with Crippen LogP contribution in [0.2, 0.25) is 0 Å². The number of nitrogens with one attached hydrogen (secondary N) is 1. The van der Waals surface area contributed by atoms with Gasteiger partial charge in [-0.15, -0.1) is 0 Å². The highest BCUT2D eigenvalue weighted by molar-refractivity contribution is 5.95. The fourth-order valence-corrected chi connectivity index (χ4v) is 2.81. The monoisotopic (exact) mass is 338 g/mol. The number of rotatable bonds is 5. The molecule has 1 N–H and O–H groups in total. The summed E-state index contributed by atoms with van der Waals surface area (Å²) in [5.74, 6) is 0.548. The molecule has 0 fully saturated rings. The summed E-state index contributed by atoms with van der Waals surface area (Å²) in [6.07, 6.45) is 0. The number of nitro benzene ring substituents is 1. The molecular formula is C18H18N4O3. The molecule has 1 amide bonds. The molecule has 0 saturated heterocycles. The summed E-state index contributed by atoms with van der Waals surface area (Å²) in [5.41, 5.74) is 2.69. The third-order valence-corrected chi connectivity index (χ3v) is 4.13. The van der Waals surface area contributed by atoms with Crippen molar-refractivity contribution in [1.29, 1.82) is 0 Å². The van der Waals surface area contributed by atoms with Gasteiger partial charge in [0.25, 0.3) is 11.6 Å². The first-order chi connectivity index (χ1) is 12.0. The molecular weight excluding hydrogens is 320 g/mol. The van der Waals surface area contributed by atoms with Gasteiger partial charge in [0.05, 0.1) is 16.0 Å². The first-order valence-electron chi connectivity index (χ1n) is 7.92. The molecule has 25 heavy (non-hydrogen) atoms. The largest absolute Gasteiger partial charge is 0.350 e. The normalized spacial score (nSPS) is 10.8. The number of imidazole rings is 1. The van der Waals surface area contributed by atoms with Crippen LogP contribution < -0.4 is 5.32 Å². The minimum absolute atomic E-state index is 0.0518. The number of hydrogen-bond donors (Lipinski definition) is 1. The maximum absolute atomic E-state index is 12.2. The van der Waals surface area contributed by atoms with Gasteiger partial charge in [-0.25, -0.2) is 4.98 Å². The van der Waals surface area contributed by atoms with Crippen LogP contribution in [0.25, 0.3) is 11.0 Å². The van der Waals surface area contributed by atoms with Gasteiger partial charge >= 0.3 is 0 Å². The number of hydrogen-bond acceptors (Lipinski definition) is 4. The zero-order valence-corrected chi connectivity index (χ0v) is 14.0. The Morgan fingerprint density at radius 2 is 2.00 bits per heavy atom. The van der Waals surface area contributed by atoms with Gasteiger partial charge in [-0.05, 0) is 32.0 Å². The van der Waals surface area contributed by atoms with E-state index >= 15 is 0 Å². The number of carbonyl (C=O) groups is 1. The lowest BCUT2D eigenvalue weighted by Crippen LogP contribution is -2.27. The molecule has 0 unspecified atom stereocenters. The first-order valence-corrected chi connectivity index (χ1v) is 7.92. The van der Waals surface area contributed by atoms with Gasteiger partial charge in [0.15, 0.2) is 0 Å². The summed E-state index contributed by atoms with van der Waals surface area (Å²) in [5, 5.41) is 13.8. The molecule has 3 rings (SSSR count). The van der Waals surface area contributed by atoms with Crippen LogP contribution in [-0.2, 0) is 6.54 Å². The predicted molar refractivity (Wildman–Crippen MR) is 94.6 cm³/mol. The SMILES string of the molecule is Cc1ccc(C(=O)NCCn2c(C)nc3ccccc32)cc1[N+](=O)[O-]. The van der Waals surface area contributed by atoms with E-state index < -0.39 is 4.92 Å². The molecule has 0 aliphatic rings. The van der Waals surface area contributed by atoms with E-state index in [4.69, 9.17) is 0 Å². The summed E-state index contributed by atoms with van der Waals surface area (Å²) in [7, 11) is 0. The molecule has 0 aliphatic heterocycles. The first kappa shape index (κ1) is 16.6. The van der Waals surface area contributed by atoms with Gasteiger partial charge in [0, 0.05) is 30.3 Å². The molecule has 0 aliphatic carbocycles. The number of carbonyl (C=O) groups excluding carboxylic acids is 1. The van der Waals surface area contributed by atoms with Crippen molar-refractivity contribution in [2.75, 3.05) is 6.54 Å². The van der Waals surface area contributed by atoms with E-state index in [1.165, 1.54) is 6.07 Å². The molecule has 7 nitrogen and oxygen atoms in total. The molecule has 3 aromatic rings. The predicted octanol–water partition coefficient (Wildman–Crippen LogP) is 2.99. The Bertz CT molecular complexity index is 962. The van der Waals surface area contributed by atoms with Crippen LogP contribution in [0.3, 0.4) is 0 Å². The third-order valence-electron chi connectivity index (χ3n) is 4.13. The Labute approximate surface area is 144 Å². The highest BCUT2D eigenvalue weighted by Gasteiger charge is 2.15. The van der Waals surface area contributed by atoms with Crippen molar-refractivity contribution in [2.24, 2.45) is 0 Å². The van der Waals surface area contributed by atoms with Gasteiger partial charge in [-0.3, -0.25) is 14.9 Å². The number of benzene rings is 2. The summed E-state index contributed by atoms with van der Waals surface area (Å²) in [6.45, 7) is 4.55. The minimum Gasteiger partial charge on any atom is -0.350 e. The molecule has 0 bridgehead atoms. The Morgan fingerprint density at radius 3 is 2.76 bits per heavy atom. The standard InChI is InChI=1S/C18H18N4O3/c1-12-7-8-14(11-17(12)22(24)25)18(23)19-9-10-21-13(2)20-15-5-3-4-6-16(15)21/h3-8,11H,9-10H2,1-2H3,(H,19,23). The Hall–Kier alpha value is -3.22. The van der Waals surface area contributed by atoms with E-state index in [2.05, 4.69) is 10.3 Å². The van der Waals surface area contributed by atoms with Crippen molar-refractivity contribution in [3.05, 3.63) is 69.5 Å². The van der Waals surface area contributed by atoms with Gasteiger partial charge in [-0.1, -0.05) is 18.2 Å². The van der Waals surface area contributed by atoms with E-state index in [0.29, 0.717) is 18.7 Å². The Balaban J connectivity index is 1.69. The highest BCUT2D eigenvalue weighted by Crippen LogP contribution is 2.19. The molecule has 2 aromatic carbocycles. The lowest BCUT2D eigenvalue weighted by atomic mass is 10.1. The number of amides is 1. The highest BCUT2D eigenvalue weighted by atomic mass is 16.6. The van der Waals surface area contributed by atoms with E-state index in [9.17, 15) is 14.9 Å². The summed E-state index contributed by atoms with van der Waals surface area (Å²) in [4.78, 5) is 27.2. The van der Waals surface area contributed by atoms with Crippen LogP contribution in [0.1, 0.15) is 21.7 Å². The molecule has 0 radical (unpaired) electrons.